The largest absolute Gasteiger partial charge is 0.399 e. The summed E-state index contributed by atoms with van der Waals surface area (Å²) in [4.78, 5) is 9.85. The number of benzene rings is 2. The van der Waals surface area contributed by atoms with Gasteiger partial charge in [0.15, 0.2) is 19.7 Å². The van der Waals surface area contributed by atoms with E-state index in [-0.39, 0.29) is 32.0 Å². The van der Waals surface area contributed by atoms with Gasteiger partial charge in [0.1, 0.15) is 0 Å². The minimum atomic E-state index is -3.47. The summed E-state index contributed by atoms with van der Waals surface area (Å²) < 4.78 is 45.7. The second kappa shape index (κ2) is 9.55. The zero-order valence-corrected chi connectivity index (χ0v) is 18.1. The lowest BCUT2D eigenvalue weighted by molar-refractivity contribution is -0.385. The highest BCUT2D eigenvalue weighted by Gasteiger charge is 2.17. The number of sulfone groups is 2. The number of nitro groups is 1. The maximum atomic E-state index is 11.4. The smallest absolute Gasteiger partial charge is 0.272 e. The van der Waals surface area contributed by atoms with Crippen LogP contribution < -0.4 is 5.73 Å². The highest BCUT2D eigenvalue weighted by Crippen LogP contribution is 2.24. The van der Waals surface area contributed by atoms with Crippen LogP contribution in [0.1, 0.15) is 13.8 Å². The van der Waals surface area contributed by atoms with Gasteiger partial charge in [-0.2, -0.15) is 0 Å². The van der Waals surface area contributed by atoms with Gasteiger partial charge in [-0.05, 0) is 24.3 Å². The number of nitrogens with two attached hydrogens (primary N) is 1. The summed E-state index contributed by atoms with van der Waals surface area (Å²) in [5.41, 5.74) is 5.50. The number of rotatable bonds is 5. The monoisotopic (exact) mass is 468 g/mol. The Hall–Kier alpha value is -1.88. The first-order valence-corrected chi connectivity index (χ1v) is 11.8. The molecule has 0 aliphatic heterocycles. The summed E-state index contributed by atoms with van der Waals surface area (Å²) >= 11 is 11.3. The highest BCUT2D eigenvalue weighted by atomic mass is 35.5. The third-order valence-electron chi connectivity index (χ3n) is 3.44. The Labute approximate surface area is 173 Å². The molecule has 0 aromatic heterocycles. The molecule has 0 heterocycles. The molecule has 154 valence electrons. The van der Waals surface area contributed by atoms with Crippen molar-refractivity contribution in [3.63, 3.8) is 0 Å². The van der Waals surface area contributed by atoms with Crippen molar-refractivity contribution in [2.45, 2.75) is 23.6 Å². The van der Waals surface area contributed by atoms with E-state index in [1.165, 1.54) is 31.2 Å². The third kappa shape index (κ3) is 6.62. The van der Waals surface area contributed by atoms with Crippen LogP contribution >= 0.6 is 23.2 Å². The van der Waals surface area contributed by atoms with E-state index in [0.717, 1.165) is 12.1 Å². The topological polar surface area (TPSA) is 137 Å². The highest BCUT2D eigenvalue weighted by molar-refractivity contribution is 7.91. The quantitative estimate of drug-likeness (QED) is 0.400. The molecule has 0 fully saturated rings. The molecule has 28 heavy (non-hydrogen) atoms. The van der Waals surface area contributed by atoms with Crippen molar-refractivity contribution in [3.8, 4) is 0 Å². The summed E-state index contributed by atoms with van der Waals surface area (Å²) in [7, 11) is -6.67. The predicted molar refractivity (Wildman–Crippen MR) is 109 cm³/mol. The number of hydrogen-bond donors (Lipinski definition) is 1. The molecule has 12 heteroatoms. The van der Waals surface area contributed by atoms with E-state index >= 15 is 0 Å². The second-order valence-electron chi connectivity index (χ2n) is 5.43. The van der Waals surface area contributed by atoms with Crippen molar-refractivity contribution in [1.82, 2.24) is 0 Å². The van der Waals surface area contributed by atoms with Gasteiger partial charge in [-0.1, -0.05) is 37.0 Å². The third-order valence-corrected chi connectivity index (χ3v) is 7.30. The Morgan fingerprint density at radius 3 is 1.68 bits per heavy atom. The fourth-order valence-electron chi connectivity index (χ4n) is 1.93. The molecule has 0 atom stereocenters. The van der Waals surface area contributed by atoms with Gasteiger partial charge in [0, 0.05) is 27.9 Å². The Morgan fingerprint density at radius 1 is 0.857 bits per heavy atom. The van der Waals surface area contributed by atoms with Gasteiger partial charge in [0.05, 0.1) is 26.2 Å². The van der Waals surface area contributed by atoms with Gasteiger partial charge >= 0.3 is 0 Å². The van der Waals surface area contributed by atoms with Crippen molar-refractivity contribution in [2.24, 2.45) is 0 Å². The van der Waals surface area contributed by atoms with E-state index < -0.39 is 24.6 Å². The van der Waals surface area contributed by atoms with Gasteiger partial charge in [-0.3, -0.25) is 10.1 Å². The summed E-state index contributed by atoms with van der Waals surface area (Å²) in [6, 6.07) is 7.63. The summed E-state index contributed by atoms with van der Waals surface area (Å²) in [6.45, 7) is 3.04. The standard InChI is InChI=1S/C8H8ClNO4S.C8H10ClNO2S/c1-2-15(13,14)8-4-6(9)3-7(5-8)10(11)12;1-2-13(11,12)8-4-6(9)3-7(10)5-8/h3-5H,2H2,1H3;3-5H,2,10H2,1H3. The SMILES string of the molecule is CCS(=O)(=O)c1cc(Cl)cc([N+](=O)[O-])c1.CCS(=O)(=O)c1cc(N)cc(Cl)c1. The number of non-ortho nitro benzene ring substituents is 1. The number of anilines is 1. The minimum absolute atomic E-state index is 0.0382. The fourth-order valence-corrected chi connectivity index (χ4v) is 4.43. The number of halogens is 2. The zero-order valence-electron chi connectivity index (χ0n) is 14.9. The van der Waals surface area contributed by atoms with Gasteiger partial charge in [0.2, 0.25) is 0 Å². The first kappa shape index (κ1) is 24.2. The van der Waals surface area contributed by atoms with E-state index in [1.807, 2.05) is 0 Å². The summed E-state index contributed by atoms with van der Waals surface area (Å²) in [5.74, 6) is -0.0721. The van der Waals surface area contributed by atoms with E-state index in [9.17, 15) is 26.9 Å². The molecular formula is C16H18Cl2N2O6S2. The van der Waals surface area contributed by atoms with Crippen LogP contribution in [0.5, 0.6) is 0 Å². The molecule has 0 bridgehead atoms. The van der Waals surface area contributed by atoms with Crippen LogP contribution in [0.25, 0.3) is 0 Å². The Kier molecular flexibility index (Phi) is 8.24. The molecule has 2 N–H and O–H groups in total. The lowest BCUT2D eigenvalue weighted by atomic mass is 10.3. The van der Waals surface area contributed by atoms with Crippen LogP contribution in [0.4, 0.5) is 11.4 Å². The number of nitro benzene ring substituents is 1. The van der Waals surface area contributed by atoms with E-state index in [4.69, 9.17) is 28.9 Å². The lowest BCUT2D eigenvalue weighted by Crippen LogP contribution is -2.04. The van der Waals surface area contributed by atoms with Gasteiger partial charge in [0.25, 0.3) is 5.69 Å². The molecular weight excluding hydrogens is 451 g/mol. The molecule has 0 amide bonds. The molecule has 0 aliphatic carbocycles. The fraction of sp³-hybridized carbons (Fsp3) is 0.250. The molecule has 0 saturated heterocycles. The summed E-state index contributed by atoms with van der Waals surface area (Å²) in [6.07, 6.45) is 0. The molecule has 0 saturated carbocycles. The van der Waals surface area contributed by atoms with Gasteiger partial charge in [-0.25, -0.2) is 16.8 Å². The molecule has 2 aromatic rings. The number of nitrogen functional groups attached to an aromatic ring is 1. The van der Waals surface area contributed by atoms with Crippen molar-refractivity contribution in [2.75, 3.05) is 17.2 Å². The van der Waals surface area contributed by atoms with Crippen LogP contribution in [-0.2, 0) is 19.7 Å². The first-order chi connectivity index (χ1) is 12.8. The van der Waals surface area contributed by atoms with E-state index in [0.29, 0.717) is 10.7 Å². The van der Waals surface area contributed by atoms with Crippen molar-refractivity contribution >= 4 is 54.3 Å². The number of hydrogen-bond acceptors (Lipinski definition) is 7. The Morgan fingerprint density at radius 2 is 1.29 bits per heavy atom. The second-order valence-corrected chi connectivity index (χ2v) is 10.9. The molecule has 2 aromatic carbocycles. The maximum absolute atomic E-state index is 11.4. The average Bonchev–Trinajstić information content (AvgIpc) is 2.60. The van der Waals surface area contributed by atoms with Crippen LogP contribution in [0.3, 0.4) is 0 Å². The predicted octanol–water partition coefficient (Wildman–Crippen LogP) is 3.76. The molecule has 0 unspecified atom stereocenters. The maximum Gasteiger partial charge on any atom is 0.272 e. The van der Waals surface area contributed by atoms with Crippen LogP contribution in [0.2, 0.25) is 10.0 Å². The van der Waals surface area contributed by atoms with Gasteiger partial charge < -0.3 is 5.73 Å². The molecule has 0 radical (unpaired) electrons. The van der Waals surface area contributed by atoms with Gasteiger partial charge in [-0.15, -0.1) is 0 Å². The van der Waals surface area contributed by atoms with Crippen molar-refractivity contribution < 1.29 is 21.8 Å². The lowest BCUT2D eigenvalue weighted by Gasteiger charge is -2.02. The number of nitrogens with zero attached hydrogens (tertiary/aromatic N) is 1. The Bertz CT molecular complexity index is 1070. The minimum Gasteiger partial charge on any atom is -0.399 e. The Balaban J connectivity index is 0.000000283. The van der Waals surface area contributed by atoms with Crippen LogP contribution in [0, 0.1) is 10.1 Å². The zero-order chi connectivity index (χ0) is 21.7. The van der Waals surface area contributed by atoms with Crippen LogP contribution in [0.15, 0.2) is 46.2 Å². The molecule has 0 aliphatic rings. The molecule has 2 rings (SSSR count). The summed E-state index contributed by atoms with van der Waals surface area (Å²) in [5, 5.41) is 10.9. The molecule has 8 nitrogen and oxygen atoms in total. The molecule has 0 spiro atoms. The average molecular weight is 469 g/mol. The van der Waals surface area contributed by atoms with Crippen molar-refractivity contribution in [1.29, 1.82) is 0 Å². The first-order valence-electron chi connectivity index (χ1n) is 7.79. The normalized spacial score (nSPS) is 11.4. The van der Waals surface area contributed by atoms with Crippen molar-refractivity contribution in [3.05, 3.63) is 56.6 Å². The van der Waals surface area contributed by atoms with Crippen LogP contribution in [-0.4, -0.2) is 33.3 Å². The van der Waals surface area contributed by atoms with E-state index in [1.54, 1.807) is 6.92 Å². The van der Waals surface area contributed by atoms with E-state index in [2.05, 4.69) is 0 Å².